The number of rotatable bonds is 2. The molecule has 2 aromatic rings. The van der Waals surface area contributed by atoms with Crippen molar-refractivity contribution in [1.82, 2.24) is 5.32 Å². The van der Waals surface area contributed by atoms with Gasteiger partial charge in [0.15, 0.2) is 0 Å². The maximum atomic E-state index is 13.7. The van der Waals surface area contributed by atoms with E-state index in [1.807, 2.05) is 0 Å². The molecule has 0 aromatic heterocycles. The third kappa shape index (κ3) is 1.96. The summed E-state index contributed by atoms with van der Waals surface area (Å²) in [5.41, 5.74) is 0.513. The number of imide groups is 1. The summed E-state index contributed by atoms with van der Waals surface area (Å²) >= 11 is 0. The Bertz CT molecular complexity index is 782. The van der Waals surface area contributed by atoms with Crippen molar-refractivity contribution in [2.45, 2.75) is 0 Å². The van der Waals surface area contributed by atoms with Crippen molar-refractivity contribution in [3.63, 3.8) is 0 Å². The predicted octanol–water partition coefficient (Wildman–Crippen LogP) is 1.99. The molecule has 22 heavy (non-hydrogen) atoms. The van der Waals surface area contributed by atoms with E-state index in [9.17, 15) is 18.8 Å². The van der Waals surface area contributed by atoms with Crippen molar-refractivity contribution in [2.75, 3.05) is 11.9 Å². The summed E-state index contributed by atoms with van der Waals surface area (Å²) in [6, 6.07) is 9.97. The van der Waals surface area contributed by atoms with Gasteiger partial charge in [-0.05, 0) is 30.3 Å². The van der Waals surface area contributed by atoms with Crippen LogP contribution in [-0.2, 0) is 0 Å². The first-order valence-corrected chi connectivity index (χ1v) is 6.54. The molecule has 0 unspecified atom stereocenters. The number of amides is 3. The highest BCUT2D eigenvalue weighted by atomic mass is 19.1. The second-order valence-electron chi connectivity index (χ2n) is 4.73. The number of anilines is 1. The van der Waals surface area contributed by atoms with Crippen LogP contribution in [0.2, 0.25) is 0 Å². The molecule has 1 aliphatic heterocycles. The van der Waals surface area contributed by atoms with Crippen LogP contribution in [0.3, 0.4) is 0 Å². The topological polar surface area (TPSA) is 66.5 Å². The molecule has 6 heteroatoms. The highest BCUT2D eigenvalue weighted by Gasteiger charge is 2.36. The van der Waals surface area contributed by atoms with Crippen molar-refractivity contribution in [3.05, 3.63) is 65.0 Å². The largest absolute Gasteiger partial charge is 0.355 e. The first-order chi connectivity index (χ1) is 10.5. The van der Waals surface area contributed by atoms with Gasteiger partial charge in [-0.15, -0.1) is 0 Å². The normalized spacial score (nSPS) is 13.3. The maximum absolute atomic E-state index is 13.7. The van der Waals surface area contributed by atoms with E-state index >= 15 is 0 Å². The maximum Gasteiger partial charge on any atom is 0.266 e. The molecule has 5 nitrogen and oxygen atoms in total. The van der Waals surface area contributed by atoms with E-state index in [0.29, 0.717) is 11.1 Å². The molecule has 1 aliphatic rings. The number of halogens is 1. The van der Waals surface area contributed by atoms with E-state index in [1.54, 1.807) is 24.3 Å². The van der Waals surface area contributed by atoms with Crippen LogP contribution in [0, 0.1) is 5.82 Å². The Hall–Kier alpha value is -3.02. The Morgan fingerprint density at radius 3 is 2.18 bits per heavy atom. The van der Waals surface area contributed by atoms with Crippen LogP contribution in [0.1, 0.15) is 31.1 Å². The molecule has 0 fully saturated rings. The van der Waals surface area contributed by atoms with Crippen LogP contribution < -0.4 is 10.2 Å². The number of benzene rings is 2. The highest BCUT2D eigenvalue weighted by molar-refractivity contribution is 6.34. The summed E-state index contributed by atoms with van der Waals surface area (Å²) in [6.07, 6.45) is 0. The van der Waals surface area contributed by atoms with Crippen molar-refractivity contribution in [1.29, 1.82) is 0 Å². The summed E-state index contributed by atoms with van der Waals surface area (Å²) in [5, 5.41) is 2.31. The van der Waals surface area contributed by atoms with E-state index in [2.05, 4.69) is 5.32 Å². The van der Waals surface area contributed by atoms with E-state index in [1.165, 1.54) is 19.2 Å². The van der Waals surface area contributed by atoms with Gasteiger partial charge in [0.25, 0.3) is 17.7 Å². The molecule has 0 saturated heterocycles. The van der Waals surface area contributed by atoms with Crippen LogP contribution in [-0.4, -0.2) is 24.8 Å². The minimum absolute atomic E-state index is 0.159. The molecule has 1 heterocycles. The van der Waals surface area contributed by atoms with Crippen molar-refractivity contribution >= 4 is 23.4 Å². The van der Waals surface area contributed by atoms with Gasteiger partial charge >= 0.3 is 0 Å². The molecular weight excluding hydrogens is 287 g/mol. The minimum Gasteiger partial charge on any atom is -0.355 e. The van der Waals surface area contributed by atoms with Crippen molar-refractivity contribution in [3.8, 4) is 0 Å². The summed E-state index contributed by atoms with van der Waals surface area (Å²) < 4.78 is 13.7. The van der Waals surface area contributed by atoms with Gasteiger partial charge in [-0.25, -0.2) is 9.29 Å². The number of hydrogen-bond donors (Lipinski definition) is 1. The number of fused-ring (bicyclic) bond motifs is 1. The Morgan fingerprint density at radius 2 is 1.64 bits per heavy atom. The number of hydrogen-bond acceptors (Lipinski definition) is 3. The fourth-order valence-electron chi connectivity index (χ4n) is 2.38. The zero-order valence-electron chi connectivity index (χ0n) is 11.6. The Labute approximate surface area is 125 Å². The molecule has 3 rings (SSSR count). The van der Waals surface area contributed by atoms with Crippen LogP contribution in [0.25, 0.3) is 0 Å². The lowest BCUT2D eigenvalue weighted by atomic mass is 10.1. The quantitative estimate of drug-likeness (QED) is 0.862. The smallest absolute Gasteiger partial charge is 0.266 e. The molecule has 0 bridgehead atoms. The predicted molar refractivity (Wildman–Crippen MR) is 77.4 cm³/mol. The van der Waals surface area contributed by atoms with Gasteiger partial charge in [0, 0.05) is 7.05 Å². The fourth-order valence-corrected chi connectivity index (χ4v) is 2.38. The standard InChI is InChI=1S/C16H11FN2O3/c1-18-14(20)12-8-9(6-7-13(12)17)19-15(21)10-4-2-3-5-11(10)16(19)22/h2-8H,1H3,(H,18,20). The van der Waals surface area contributed by atoms with Gasteiger partial charge in [0.2, 0.25) is 0 Å². The van der Waals surface area contributed by atoms with E-state index in [-0.39, 0.29) is 11.3 Å². The third-order valence-electron chi connectivity index (χ3n) is 3.47. The number of carbonyl (C=O) groups is 3. The van der Waals surface area contributed by atoms with Crippen LogP contribution in [0.15, 0.2) is 42.5 Å². The first kappa shape index (κ1) is 13.9. The molecule has 0 atom stereocenters. The summed E-state index contributed by atoms with van der Waals surface area (Å²) in [4.78, 5) is 37.3. The van der Waals surface area contributed by atoms with Gasteiger partial charge in [-0.3, -0.25) is 14.4 Å². The number of nitrogens with zero attached hydrogens (tertiary/aromatic N) is 1. The molecular formula is C16H11FN2O3. The van der Waals surface area contributed by atoms with Crippen LogP contribution in [0.5, 0.6) is 0 Å². The molecule has 0 radical (unpaired) electrons. The molecule has 1 N–H and O–H groups in total. The molecule has 3 amide bonds. The Morgan fingerprint density at radius 1 is 1.05 bits per heavy atom. The second kappa shape index (κ2) is 5.07. The summed E-state index contributed by atoms with van der Waals surface area (Å²) in [7, 11) is 1.37. The molecule has 2 aromatic carbocycles. The molecule has 0 spiro atoms. The Balaban J connectivity index is 2.08. The summed E-state index contributed by atoms with van der Waals surface area (Å²) in [5.74, 6) is -2.33. The average molecular weight is 298 g/mol. The number of carbonyl (C=O) groups excluding carboxylic acids is 3. The molecule has 0 aliphatic carbocycles. The van der Waals surface area contributed by atoms with E-state index < -0.39 is 23.5 Å². The van der Waals surface area contributed by atoms with Crippen LogP contribution in [0.4, 0.5) is 10.1 Å². The lowest BCUT2D eigenvalue weighted by Gasteiger charge is -2.15. The molecule has 0 saturated carbocycles. The van der Waals surface area contributed by atoms with Gasteiger partial charge in [-0.1, -0.05) is 12.1 Å². The van der Waals surface area contributed by atoms with Gasteiger partial charge in [0.1, 0.15) is 5.82 Å². The Kier molecular flexibility index (Phi) is 3.21. The minimum atomic E-state index is -0.722. The first-order valence-electron chi connectivity index (χ1n) is 6.54. The van der Waals surface area contributed by atoms with Crippen molar-refractivity contribution < 1.29 is 18.8 Å². The highest BCUT2D eigenvalue weighted by Crippen LogP contribution is 2.29. The SMILES string of the molecule is CNC(=O)c1cc(N2C(=O)c3ccccc3C2=O)ccc1F. The number of nitrogens with one attached hydrogen (secondary N) is 1. The van der Waals surface area contributed by atoms with Crippen LogP contribution >= 0.6 is 0 Å². The zero-order chi connectivity index (χ0) is 15.9. The lowest BCUT2D eigenvalue weighted by molar-refractivity contribution is 0.0920. The fraction of sp³-hybridized carbons (Fsp3) is 0.0625. The second-order valence-corrected chi connectivity index (χ2v) is 4.73. The average Bonchev–Trinajstić information content (AvgIpc) is 2.79. The lowest BCUT2D eigenvalue weighted by Crippen LogP contribution is -2.30. The van der Waals surface area contributed by atoms with Gasteiger partial charge in [-0.2, -0.15) is 0 Å². The molecule has 110 valence electrons. The van der Waals surface area contributed by atoms with Gasteiger partial charge in [0.05, 0.1) is 22.4 Å². The third-order valence-corrected chi connectivity index (χ3v) is 3.47. The van der Waals surface area contributed by atoms with E-state index in [0.717, 1.165) is 11.0 Å². The van der Waals surface area contributed by atoms with Crippen molar-refractivity contribution in [2.24, 2.45) is 0 Å². The zero-order valence-corrected chi connectivity index (χ0v) is 11.6. The van der Waals surface area contributed by atoms with E-state index in [4.69, 9.17) is 0 Å². The summed E-state index contributed by atoms with van der Waals surface area (Å²) in [6.45, 7) is 0. The van der Waals surface area contributed by atoms with Gasteiger partial charge < -0.3 is 5.32 Å². The monoisotopic (exact) mass is 298 g/mol.